The lowest BCUT2D eigenvalue weighted by atomic mass is 10.2. The van der Waals surface area contributed by atoms with Crippen LogP contribution in [0.15, 0.2) is 53.9 Å². The van der Waals surface area contributed by atoms with Crippen molar-refractivity contribution in [2.75, 3.05) is 11.9 Å². The molecule has 0 aliphatic heterocycles. The van der Waals surface area contributed by atoms with Crippen molar-refractivity contribution in [1.82, 2.24) is 4.98 Å². The fraction of sp³-hybridized carbons (Fsp3) is 0.158. The van der Waals surface area contributed by atoms with Gasteiger partial charge in [0.25, 0.3) is 0 Å². The summed E-state index contributed by atoms with van der Waals surface area (Å²) in [5, 5.41) is 14.8. The van der Waals surface area contributed by atoms with E-state index in [1.165, 1.54) is 11.3 Å². The molecular weight excluding hydrogens is 336 g/mol. The number of aromatic carboxylic acids is 1. The van der Waals surface area contributed by atoms with Crippen molar-refractivity contribution in [2.24, 2.45) is 0 Å². The zero-order chi connectivity index (χ0) is 17.6. The summed E-state index contributed by atoms with van der Waals surface area (Å²) in [7, 11) is 0. The van der Waals surface area contributed by atoms with Crippen LogP contribution in [0.25, 0.3) is 11.3 Å². The lowest BCUT2D eigenvalue weighted by Crippen LogP contribution is -1.96. The zero-order valence-electron chi connectivity index (χ0n) is 13.7. The first-order valence-corrected chi connectivity index (χ1v) is 8.83. The first-order valence-electron chi connectivity index (χ1n) is 7.95. The molecule has 0 atom stereocenters. The summed E-state index contributed by atoms with van der Waals surface area (Å²) >= 11 is 1.50. The largest absolute Gasteiger partial charge is 0.494 e. The van der Waals surface area contributed by atoms with Gasteiger partial charge in [-0.15, -0.1) is 11.3 Å². The number of benzene rings is 2. The molecule has 3 aromatic rings. The molecule has 0 bridgehead atoms. The molecular formula is C19H18N2O3S. The molecule has 1 heterocycles. The molecule has 5 nitrogen and oxygen atoms in total. The maximum Gasteiger partial charge on any atom is 0.335 e. The van der Waals surface area contributed by atoms with Crippen molar-refractivity contribution in [3.05, 3.63) is 59.5 Å². The van der Waals surface area contributed by atoms with Gasteiger partial charge < -0.3 is 15.2 Å². The van der Waals surface area contributed by atoms with E-state index in [-0.39, 0.29) is 5.56 Å². The molecule has 0 amide bonds. The van der Waals surface area contributed by atoms with E-state index in [0.29, 0.717) is 6.61 Å². The van der Waals surface area contributed by atoms with Gasteiger partial charge in [-0.3, -0.25) is 0 Å². The Kier molecular flexibility index (Phi) is 5.30. The first-order chi connectivity index (χ1) is 12.2. The summed E-state index contributed by atoms with van der Waals surface area (Å²) in [6.45, 7) is 2.79. The summed E-state index contributed by atoms with van der Waals surface area (Å²) in [5.74, 6) is -0.0767. The topological polar surface area (TPSA) is 71.5 Å². The molecule has 2 aromatic carbocycles. The number of aromatic nitrogens is 1. The van der Waals surface area contributed by atoms with Gasteiger partial charge in [-0.05, 0) is 55.0 Å². The minimum Gasteiger partial charge on any atom is -0.494 e. The first kappa shape index (κ1) is 17.0. The Balaban J connectivity index is 1.68. The van der Waals surface area contributed by atoms with Crippen LogP contribution in [-0.2, 0) is 0 Å². The number of anilines is 2. The predicted molar refractivity (Wildman–Crippen MR) is 100 cm³/mol. The molecule has 0 spiro atoms. The summed E-state index contributed by atoms with van der Waals surface area (Å²) < 4.78 is 5.58. The quantitative estimate of drug-likeness (QED) is 0.622. The molecule has 25 heavy (non-hydrogen) atoms. The fourth-order valence-electron chi connectivity index (χ4n) is 2.23. The van der Waals surface area contributed by atoms with E-state index in [1.54, 1.807) is 24.3 Å². The van der Waals surface area contributed by atoms with Crippen LogP contribution in [0.5, 0.6) is 5.75 Å². The van der Waals surface area contributed by atoms with Crippen LogP contribution >= 0.6 is 11.3 Å². The number of hydrogen-bond donors (Lipinski definition) is 2. The predicted octanol–water partition coefficient (Wildman–Crippen LogP) is 5.04. The van der Waals surface area contributed by atoms with Gasteiger partial charge >= 0.3 is 5.97 Å². The van der Waals surface area contributed by atoms with Gasteiger partial charge in [-0.1, -0.05) is 6.92 Å². The highest BCUT2D eigenvalue weighted by atomic mass is 32.1. The number of hydrogen-bond acceptors (Lipinski definition) is 5. The Hall–Kier alpha value is -2.86. The summed E-state index contributed by atoms with van der Waals surface area (Å²) in [6, 6.07) is 14.5. The summed E-state index contributed by atoms with van der Waals surface area (Å²) in [5.41, 5.74) is 2.97. The highest BCUT2D eigenvalue weighted by Crippen LogP contribution is 2.28. The highest BCUT2D eigenvalue weighted by Gasteiger charge is 2.06. The molecule has 3 rings (SSSR count). The second-order valence-electron chi connectivity index (χ2n) is 5.42. The van der Waals surface area contributed by atoms with Crippen LogP contribution in [0, 0.1) is 0 Å². The number of nitrogens with zero attached hydrogens (tertiary/aromatic N) is 1. The van der Waals surface area contributed by atoms with Gasteiger partial charge in [0.1, 0.15) is 5.75 Å². The van der Waals surface area contributed by atoms with Crippen LogP contribution < -0.4 is 10.1 Å². The Labute approximate surface area is 149 Å². The maximum absolute atomic E-state index is 10.9. The SMILES string of the molecule is CCCOc1ccc(-c2csc(Nc3ccc(C(=O)O)cc3)n2)cc1. The summed E-state index contributed by atoms with van der Waals surface area (Å²) in [6.07, 6.45) is 0.982. The Bertz CT molecular complexity index is 842. The van der Waals surface area contributed by atoms with E-state index in [2.05, 4.69) is 17.2 Å². The Morgan fingerprint density at radius 3 is 2.52 bits per heavy atom. The lowest BCUT2D eigenvalue weighted by Gasteiger charge is -2.05. The van der Waals surface area contributed by atoms with Crippen molar-refractivity contribution >= 4 is 28.1 Å². The van der Waals surface area contributed by atoms with Crippen LogP contribution in [0.2, 0.25) is 0 Å². The molecule has 2 N–H and O–H groups in total. The van der Waals surface area contributed by atoms with Crippen molar-refractivity contribution in [2.45, 2.75) is 13.3 Å². The number of carboxylic acid groups (broad SMARTS) is 1. The van der Waals surface area contributed by atoms with Crippen LogP contribution in [0.4, 0.5) is 10.8 Å². The monoisotopic (exact) mass is 354 g/mol. The summed E-state index contributed by atoms with van der Waals surface area (Å²) in [4.78, 5) is 15.4. The smallest absolute Gasteiger partial charge is 0.335 e. The molecule has 0 fully saturated rings. The van der Waals surface area contributed by atoms with Gasteiger partial charge in [0, 0.05) is 16.6 Å². The van der Waals surface area contributed by atoms with Crippen molar-refractivity contribution < 1.29 is 14.6 Å². The normalized spacial score (nSPS) is 10.4. The van der Waals surface area contributed by atoms with Crippen LogP contribution in [0.1, 0.15) is 23.7 Å². The van der Waals surface area contributed by atoms with E-state index in [9.17, 15) is 4.79 Å². The number of ether oxygens (including phenoxy) is 1. The van der Waals surface area contributed by atoms with E-state index in [0.717, 1.165) is 34.2 Å². The number of carboxylic acids is 1. The van der Waals surface area contributed by atoms with Crippen LogP contribution in [0.3, 0.4) is 0 Å². The number of carbonyl (C=O) groups is 1. The fourth-order valence-corrected chi connectivity index (χ4v) is 2.97. The second kappa shape index (κ2) is 7.81. The maximum atomic E-state index is 10.9. The van der Waals surface area contributed by atoms with E-state index in [1.807, 2.05) is 29.6 Å². The van der Waals surface area contributed by atoms with E-state index in [4.69, 9.17) is 9.84 Å². The Morgan fingerprint density at radius 2 is 1.88 bits per heavy atom. The third-order valence-corrected chi connectivity index (χ3v) is 4.27. The van der Waals surface area contributed by atoms with Crippen LogP contribution in [-0.4, -0.2) is 22.7 Å². The number of rotatable bonds is 7. The molecule has 0 radical (unpaired) electrons. The molecule has 0 saturated heterocycles. The third-order valence-electron chi connectivity index (χ3n) is 3.51. The van der Waals surface area contributed by atoms with Gasteiger partial charge in [0.2, 0.25) is 0 Å². The second-order valence-corrected chi connectivity index (χ2v) is 6.28. The number of thiazole rings is 1. The average Bonchev–Trinajstić information content (AvgIpc) is 3.09. The Morgan fingerprint density at radius 1 is 1.16 bits per heavy atom. The van der Waals surface area contributed by atoms with Gasteiger partial charge in [-0.25, -0.2) is 9.78 Å². The molecule has 6 heteroatoms. The third kappa shape index (κ3) is 4.36. The zero-order valence-corrected chi connectivity index (χ0v) is 14.5. The average molecular weight is 354 g/mol. The molecule has 0 unspecified atom stereocenters. The minimum atomic E-state index is -0.936. The molecule has 0 aliphatic carbocycles. The van der Waals surface area contributed by atoms with Gasteiger partial charge in [0.15, 0.2) is 5.13 Å². The van der Waals surface area contributed by atoms with Crippen molar-refractivity contribution in [3.8, 4) is 17.0 Å². The van der Waals surface area contributed by atoms with Gasteiger partial charge in [0.05, 0.1) is 17.9 Å². The van der Waals surface area contributed by atoms with Gasteiger partial charge in [-0.2, -0.15) is 0 Å². The van der Waals surface area contributed by atoms with E-state index < -0.39 is 5.97 Å². The molecule has 1 aromatic heterocycles. The van der Waals surface area contributed by atoms with E-state index >= 15 is 0 Å². The standard InChI is InChI=1S/C19H18N2O3S/c1-2-11-24-16-9-5-13(6-10-16)17-12-25-19(21-17)20-15-7-3-14(4-8-15)18(22)23/h3-10,12H,2,11H2,1H3,(H,20,21)(H,22,23). The highest BCUT2D eigenvalue weighted by molar-refractivity contribution is 7.14. The lowest BCUT2D eigenvalue weighted by molar-refractivity contribution is 0.0697. The van der Waals surface area contributed by atoms with Crippen molar-refractivity contribution in [3.63, 3.8) is 0 Å². The molecule has 0 aliphatic rings. The number of nitrogens with one attached hydrogen (secondary N) is 1. The molecule has 0 saturated carbocycles. The van der Waals surface area contributed by atoms with Crippen molar-refractivity contribution in [1.29, 1.82) is 0 Å². The minimum absolute atomic E-state index is 0.260. The molecule has 128 valence electrons.